The van der Waals surface area contributed by atoms with Gasteiger partial charge < -0.3 is 14.8 Å². The number of aromatic nitrogens is 2. The van der Waals surface area contributed by atoms with Crippen molar-refractivity contribution in [2.45, 2.75) is 25.7 Å². The van der Waals surface area contributed by atoms with Gasteiger partial charge in [0.05, 0.1) is 36.2 Å². The van der Waals surface area contributed by atoms with E-state index in [4.69, 9.17) is 21.1 Å². The van der Waals surface area contributed by atoms with Crippen LogP contribution in [0.25, 0.3) is 0 Å². The zero-order valence-electron chi connectivity index (χ0n) is 10.1. The Bertz CT molecular complexity index is 344. The van der Waals surface area contributed by atoms with Gasteiger partial charge in [0.25, 0.3) is 0 Å². The van der Waals surface area contributed by atoms with E-state index in [-0.39, 0.29) is 12.3 Å². The first-order chi connectivity index (χ1) is 8.22. The quantitative estimate of drug-likeness (QED) is 0.870. The van der Waals surface area contributed by atoms with Crippen LogP contribution >= 0.6 is 11.6 Å². The molecule has 0 saturated carbocycles. The highest BCUT2D eigenvalue weighted by molar-refractivity contribution is 6.31. The van der Waals surface area contributed by atoms with Crippen LogP contribution in [0.5, 0.6) is 0 Å². The lowest BCUT2D eigenvalue weighted by atomic mass is 10.1. The number of ether oxygens (including phenoxy) is 2. The molecule has 0 radical (unpaired) electrons. The molecule has 0 aromatic carbocycles. The summed E-state index contributed by atoms with van der Waals surface area (Å²) >= 11 is 6.16. The summed E-state index contributed by atoms with van der Waals surface area (Å²) in [5.74, 6) is 0. The Morgan fingerprint density at radius 2 is 2.29 bits per heavy atom. The van der Waals surface area contributed by atoms with Crippen LogP contribution < -0.4 is 5.32 Å². The second-order valence-electron chi connectivity index (χ2n) is 4.02. The molecule has 1 aromatic rings. The highest BCUT2D eigenvalue weighted by Gasteiger charge is 2.25. The van der Waals surface area contributed by atoms with E-state index < -0.39 is 0 Å². The van der Waals surface area contributed by atoms with Gasteiger partial charge in [-0.15, -0.1) is 0 Å². The molecule has 1 unspecified atom stereocenters. The van der Waals surface area contributed by atoms with Gasteiger partial charge in [0.1, 0.15) is 0 Å². The summed E-state index contributed by atoms with van der Waals surface area (Å²) in [6.07, 6.45) is 2.26. The third kappa shape index (κ3) is 2.98. The summed E-state index contributed by atoms with van der Waals surface area (Å²) < 4.78 is 12.7. The first-order valence-corrected chi connectivity index (χ1v) is 6.24. The number of rotatable bonds is 5. The Hall–Kier alpha value is -0.620. The van der Waals surface area contributed by atoms with Gasteiger partial charge in [0.2, 0.25) is 0 Å². The fraction of sp³-hybridized carbons (Fsp3) is 0.727. The fourth-order valence-electron chi connectivity index (χ4n) is 2.09. The molecule has 5 nitrogen and oxygen atoms in total. The fourth-order valence-corrected chi connectivity index (χ4v) is 2.38. The van der Waals surface area contributed by atoms with Gasteiger partial charge in [0, 0.05) is 13.5 Å². The standard InChI is InChI=1S/C11H18ClN3O2/c1-3-13-9(6-10-16-4-5-17-10)11-8(12)7-14-15(11)2/h7,9-10,13H,3-6H2,1-2H3. The zero-order valence-corrected chi connectivity index (χ0v) is 10.9. The van der Waals surface area contributed by atoms with Crippen LogP contribution in [0, 0.1) is 0 Å². The molecule has 1 fully saturated rings. The third-order valence-corrected chi connectivity index (χ3v) is 3.13. The summed E-state index contributed by atoms with van der Waals surface area (Å²) in [5.41, 5.74) is 0.979. The lowest BCUT2D eigenvalue weighted by molar-refractivity contribution is -0.0533. The molecule has 0 aliphatic carbocycles. The molecular weight excluding hydrogens is 242 g/mol. The molecule has 2 rings (SSSR count). The number of nitrogens with one attached hydrogen (secondary N) is 1. The Balaban J connectivity index is 2.10. The van der Waals surface area contributed by atoms with Crippen molar-refractivity contribution in [1.29, 1.82) is 0 Å². The maximum Gasteiger partial charge on any atom is 0.159 e. The van der Waals surface area contributed by atoms with Crippen LogP contribution in [0.1, 0.15) is 25.1 Å². The second-order valence-corrected chi connectivity index (χ2v) is 4.43. The van der Waals surface area contributed by atoms with E-state index in [1.807, 2.05) is 7.05 Å². The van der Waals surface area contributed by atoms with Gasteiger partial charge in [0.15, 0.2) is 6.29 Å². The van der Waals surface area contributed by atoms with Crippen molar-refractivity contribution in [3.63, 3.8) is 0 Å². The number of nitrogens with zero attached hydrogens (tertiary/aromatic N) is 2. The maximum atomic E-state index is 6.16. The van der Waals surface area contributed by atoms with Gasteiger partial charge in [-0.2, -0.15) is 5.10 Å². The van der Waals surface area contributed by atoms with E-state index in [0.717, 1.165) is 18.7 Å². The average Bonchev–Trinajstić information content (AvgIpc) is 2.89. The predicted molar refractivity (Wildman–Crippen MR) is 64.9 cm³/mol. The summed E-state index contributed by atoms with van der Waals surface area (Å²) in [6.45, 7) is 4.26. The molecule has 0 bridgehead atoms. The molecule has 1 aliphatic heterocycles. The molecule has 17 heavy (non-hydrogen) atoms. The second kappa shape index (κ2) is 5.82. The molecule has 6 heteroatoms. The van der Waals surface area contributed by atoms with Crippen molar-refractivity contribution in [3.05, 3.63) is 16.9 Å². The van der Waals surface area contributed by atoms with E-state index in [0.29, 0.717) is 18.2 Å². The smallest absolute Gasteiger partial charge is 0.159 e. The van der Waals surface area contributed by atoms with Gasteiger partial charge >= 0.3 is 0 Å². The summed E-state index contributed by atoms with van der Waals surface area (Å²) in [4.78, 5) is 0. The Kier molecular flexibility index (Phi) is 4.39. The molecule has 0 spiro atoms. The van der Waals surface area contributed by atoms with Crippen LogP contribution in [0.3, 0.4) is 0 Å². The van der Waals surface area contributed by atoms with Crippen LogP contribution in [0.4, 0.5) is 0 Å². The molecule has 96 valence electrons. The Labute approximate surface area is 106 Å². The number of hydrogen-bond acceptors (Lipinski definition) is 4. The van der Waals surface area contributed by atoms with E-state index in [1.54, 1.807) is 10.9 Å². The number of halogens is 1. The van der Waals surface area contributed by atoms with Crippen molar-refractivity contribution in [2.24, 2.45) is 7.05 Å². The topological polar surface area (TPSA) is 48.3 Å². The minimum absolute atomic E-state index is 0.100. The number of aryl methyl sites for hydroxylation is 1. The minimum Gasteiger partial charge on any atom is -0.350 e. The van der Waals surface area contributed by atoms with Gasteiger partial charge in [-0.1, -0.05) is 18.5 Å². The molecular formula is C11H18ClN3O2. The molecule has 1 aromatic heterocycles. The van der Waals surface area contributed by atoms with Crippen molar-refractivity contribution < 1.29 is 9.47 Å². The maximum absolute atomic E-state index is 6.16. The summed E-state index contributed by atoms with van der Waals surface area (Å²) in [7, 11) is 1.89. The van der Waals surface area contributed by atoms with Crippen molar-refractivity contribution in [3.8, 4) is 0 Å². The van der Waals surface area contributed by atoms with Crippen LogP contribution in [0.15, 0.2) is 6.20 Å². The van der Waals surface area contributed by atoms with Crippen LogP contribution in [-0.4, -0.2) is 35.8 Å². The molecule has 1 aliphatic rings. The molecule has 0 amide bonds. The van der Waals surface area contributed by atoms with E-state index in [1.165, 1.54) is 0 Å². The highest BCUT2D eigenvalue weighted by atomic mass is 35.5. The SMILES string of the molecule is CCNC(CC1OCCO1)c1c(Cl)cnn1C. The van der Waals surface area contributed by atoms with Gasteiger partial charge in [-0.05, 0) is 6.54 Å². The van der Waals surface area contributed by atoms with Crippen LogP contribution in [0.2, 0.25) is 5.02 Å². The van der Waals surface area contributed by atoms with Crippen molar-refractivity contribution in [1.82, 2.24) is 15.1 Å². The average molecular weight is 260 g/mol. The van der Waals surface area contributed by atoms with Gasteiger partial charge in [-0.25, -0.2) is 0 Å². The third-order valence-electron chi connectivity index (χ3n) is 2.84. The predicted octanol–water partition coefficient (Wildman–Crippen LogP) is 1.49. The van der Waals surface area contributed by atoms with Crippen LogP contribution in [-0.2, 0) is 16.5 Å². The number of hydrogen-bond donors (Lipinski definition) is 1. The van der Waals surface area contributed by atoms with E-state index in [9.17, 15) is 0 Å². The first kappa shape index (κ1) is 12.8. The Morgan fingerprint density at radius 1 is 1.59 bits per heavy atom. The van der Waals surface area contributed by atoms with E-state index in [2.05, 4.69) is 17.3 Å². The summed E-state index contributed by atoms with van der Waals surface area (Å²) in [5, 5.41) is 8.22. The van der Waals surface area contributed by atoms with Crippen molar-refractivity contribution in [2.75, 3.05) is 19.8 Å². The first-order valence-electron chi connectivity index (χ1n) is 5.86. The van der Waals surface area contributed by atoms with E-state index >= 15 is 0 Å². The molecule has 2 heterocycles. The van der Waals surface area contributed by atoms with Gasteiger partial charge in [-0.3, -0.25) is 4.68 Å². The Morgan fingerprint density at radius 3 is 2.82 bits per heavy atom. The van der Waals surface area contributed by atoms with Crippen molar-refractivity contribution >= 4 is 11.6 Å². The highest BCUT2D eigenvalue weighted by Crippen LogP contribution is 2.27. The lowest BCUT2D eigenvalue weighted by Crippen LogP contribution is -2.27. The molecule has 1 atom stereocenters. The minimum atomic E-state index is -0.148. The molecule has 1 saturated heterocycles. The summed E-state index contributed by atoms with van der Waals surface area (Å²) in [6, 6.07) is 0.100. The molecule has 1 N–H and O–H groups in total. The zero-order chi connectivity index (χ0) is 12.3. The normalized spacial score (nSPS) is 18.8. The monoisotopic (exact) mass is 259 g/mol. The lowest BCUT2D eigenvalue weighted by Gasteiger charge is -2.21. The largest absolute Gasteiger partial charge is 0.350 e.